The monoisotopic (exact) mass is 366 g/mol. The summed E-state index contributed by atoms with van der Waals surface area (Å²) in [6.07, 6.45) is 2.25. The van der Waals surface area contributed by atoms with Gasteiger partial charge >= 0.3 is 5.97 Å². The van der Waals surface area contributed by atoms with Gasteiger partial charge in [-0.3, -0.25) is 14.7 Å². The van der Waals surface area contributed by atoms with Gasteiger partial charge in [0.25, 0.3) is 5.56 Å². The third-order valence-corrected chi connectivity index (χ3v) is 4.99. The van der Waals surface area contributed by atoms with Gasteiger partial charge in [0.2, 0.25) is 5.91 Å². The molecular formula is C19H18N4O4. The average molecular weight is 366 g/mol. The van der Waals surface area contributed by atoms with Gasteiger partial charge < -0.3 is 10.0 Å². The molecule has 2 aromatic heterocycles. The van der Waals surface area contributed by atoms with Crippen LogP contribution in [0.3, 0.4) is 0 Å². The van der Waals surface area contributed by atoms with Crippen molar-refractivity contribution < 1.29 is 14.7 Å². The number of aromatic amines is 1. The van der Waals surface area contributed by atoms with Gasteiger partial charge in [-0.2, -0.15) is 0 Å². The van der Waals surface area contributed by atoms with Gasteiger partial charge in [-0.1, -0.05) is 6.07 Å². The molecule has 1 aromatic carbocycles. The van der Waals surface area contributed by atoms with E-state index < -0.39 is 5.97 Å². The number of H-pyrrole nitrogens is 1. The van der Waals surface area contributed by atoms with Crippen LogP contribution in [-0.4, -0.2) is 43.0 Å². The molecule has 0 bridgehead atoms. The second kappa shape index (κ2) is 6.39. The first-order chi connectivity index (χ1) is 12.9. The van der Waals surface area contributed by atoms with Crippen LogP contribution in [0.5, 0.6) is 0 Å². The number of hydrogen-bond donors (Lipinski definition) is 2. The Morgan fingerprint density at radius 2 is 2.07 bits per heavy atom. The smallest absolute Gasteiger partial charge is 0.335 e. The fourth-order valence-corrected chi connectivity index (χ4v) is 3.48. The molecule has 3 heterocycles. The van der Waals surface area contributed by atoms with Crippen LogP contribution < -0.4 is 5.56 Å². The predicted molar refractivity (Wildman–Crippen MR) is 96.8 cm³/mol. The molecule has 0 radical (unpaired) electrons. The number of fused-ring (bicyclic) bond motifs is 2. The van der Waals surface area contributed by atoms with Crippen molar-refractivity contribution in [1.29, 1.82) is 0 Å². The number of hydrogen-bond acceptors (Lipinski definition) is 4. The van der Waals surface area contributed by atoms with Crippen LogP contribution in [0.1, 0.15) is 32.7 Å². The summed E-state index contributed by atoms with van der Waals surface area (Å²) >= 11 is 0. The van der Waals surface area contributed by atoms with Crippen LogP contribution in [0.2, 0.25) is 0 Å². The average Bonchev–Trinajstić information content (AvgIpc) is 3.12. The van der Waals surface area contributed by atoms with Crippen molar-refractivity contribution in [2.75, 3.05) is 6.54 Å². The topological polar surface area (TPSA) is 108 Å². The van der Waals surface area contributed by atoms with Gasteiger partial charge in [0.05, 0.1) is 12.0 Å². The molecule has 8 heteroatoms. The molecule has 0 unspecified atom stereocenters. The number of aromatic carboxylic acids is 1. The summed E-state index contributed by atoms with van der Waals surface area (Å²) in [5, 5.41) is 12.0. The van der Waals surface area contributed by atoms with E-state index in [4.69, 9.17) is 5.11 Å². The lowest BCUT2D eigenvalue weighted by molar-refractivity contribution is -0.131. The highest BCUT2D eigenvalue weighted by Crippen LogP contribution is 2.21. The van der Waals surface area contributed by atoms with E-state index in [1.54, 1.807) is 42.3 Å². The maximum Gasteiger partial charge on any atom is 0.335 e. The van der Waals surface area contributed by atoms with Gasteiger partial charge in [0.15, 0.2) is 5.65 Å². The zero-order valence-corrected chi connectivity index (χ0v) is 14.7. The lowest BCUT2D eigenvalue weighted by Crippen LogP contribution is -2.38. The largest absolute Gasteiger partial charge is 0.478 e. The Bertz CT molecular complexity index is 1130. The van der Waals surface area contributed by atoms with Gasteiger partial charge in [-0.25, -0.2) is 14.3 Å². The van der Waals surface area contributed by atoms with Crippen molar-refractivity contribution in [1.82, 2.24) is 19.5 Å². The molecule has 2 N–H and O–H groups in total. The summed E-state index contributed by atoms with van der Waals surface area (Å²) in [5.41, 5.74) is 3.24. The van der Waals surface area contributed by atoms with Crippen molar-refractivity contribution in [3.05, 3.63) is 68.8 Å². The number of carbonyl (C=O) groups excluding carboxylic acids is 1. The number of carbonyl (C=O) groups is 2. The standard InChI is InChI=1S/C19H18N4O4/c1-11-15(18(25)23-16(21-11)4-6-20-23)9-17(24)22-7-5-12-2-3-13(19(26)27)8-14(12)10-22/h2-4,6,8,20H,5,7,9-10H2,1H3,(H,26,27). The van der Waals surface area contributed by atoms with Gasteiger partial charge in [-0.15, -0.1) is 0 Å². The summed E-state index contributed by atoms with van der Waals surface area (Å²) in [4.78, 5) is 42.6. The minimum atomic E-state index is -0.991. The molecule has 138 valence electrons. The van der Waals surface area contributed by atoms with Crippen molar-refractivity contribution in [2.24, 2.45) is 0 Å². The van der Waals surface area contributed by atoms with Crippen LogP contribution in [0.4, 0.5) is 0 Å². The minimum Gasteiger partial charge on any atom is -0.478 e. The third-order valence-electron chi connectivity index (χ3n) is 4.99. The number of rotatable bonds is 3. The first kappa shape index (κ1) is 17.0. The first-order valence-corrected chi connectivity index (χ1v) is 8.62. The summed E-state index contributed by atoms with van der Waals surface area (Å²) in [7, 11) is 0. The number of aromatic nitrogens is 3. The highest BCUT2D eigenvalue weighted by atomic mass is 16.4. The number of benzene rings is 1. The molecule has 0 atom stereocenters. The van der Waals surface area contributed by atoms with Gasteiger partial charge in [0, 0.05) is 36.6 Å². The minimum absolute atomic E-state index is 0.0341. The number of nitrogens with one attached hydrogen (secondary N) is 1. The van der Waals surface area contributed by atoms with E-state index in [0.717, 1.165) is 11.1 Å². The van der Waals surface area contributed by atoms with Crippen LogP contribution in [0.15, 0.2) is 35.3 Å². The molecule has 1 amide bonds. The fraction of sp³-hybridized carbons (Fsp3) is 0.263. The molecule has 0 aliphatic carbocycles. The third kappa shape index (κ3) is 2.99. The molecule has 0 saturated heterocycles. The SMILES string of the molecule is Cc1nc2cc[nH]n2c(=O)c1CC(=O)N1CCc2ccc(C(=O)O)cc2C1. The molecule has 0 saturated carbocycles. The Hall–Kier alpha value is -3.42. The van der Waals surface area contributed by atoms with Gasteiger partial charge in [-0.05, 0) is 36.6 Å². The van der Waals surface area contributed by atoms with E-state index in [1.807, 2.05) is 0 Å². The molecule has 4 rings (SSSR count). The van der Waals surface area contributed by atoms with Crippen molar-refractivity contribution in [2.45, 2.75) is 26.3 Å². The normalized spacial score (nSPS) is 13.6. The van der Waals surface area contributed by atoms with E-state index in [9.17, 15) is 14.4 Å². The second-order valence-electron chi connectivity index (χ2n) is 6.67. The van der Waals surface area contributed by atoms with Crippen molar-refractivity contribution >= 4 is 17.5 Å². The summed E-state index contributed by atoms with van der Waals surface area (Å²) in [5.74, 6) is -1.16. The zero-order chi connectivity index (χ0) is 19.1. The fourth-order valence-electron chi connectivity index (χ4n) is 3.48. The molecule has 27 heavy (non-hydrogen) atoms. The molecule has 0 spiro atoms. The highest BCUT2D eigenvalue weighted by Gasteiger charge is 2.24. The molecule has 1 aliphatic heterocycles. The Morgan fingerprint density at radius 3 is 2.85 bits per heavy atom. The highest BCUT2D eigenvalue weighted by molar-refractivity contribution is 5.88. The molecule has 8 nitrogen and oxygen atoms in total. The van der Waals surface area contributed by atoms with Crippen LogP contribution in [0.25, 0.3) is 5.65 Å². The quantitative estimate of drug-likeness (QED) is 0.723. The summed E-state index contributed by atoms with van der Waals surface area (Å²) in [6, 6.07) is 6.70. The predicted octanol–water partition coefficient (Wildman–Crippen LogP) is 1.16. The summed E-state index contributed by atoms with van der Waals surface area (Å²) < 4.78 is 1.32. The van der Waals surface area contributed by atoms with E-state index in [0.29, 0.717) is 36.4 Å². The number of amides is 1. The Morgan fingerprint density at radius 1 is 1.26 bits per heavy atom. The van der Waals surface area contributed by atoms with Crippen molar-refractivity contribution in [3.63, 3.8) is 0 Å². The number of nitrogens with zero attached hydrogens (tertiary/aromatic N) is 3. The number of carboxylic acids is 1. The Balaban J connectivity index is 1.59. The summed E-state index contributed by atoms with van der Waals surface area (Å²) in [6.45, 7) is 2.60. The molecule has 3 aromatic rings. The lowest BCUT2D eigenvalue weighted by atomic mass is 9.97. The van der Waals surface area contributed by atoms with E-state index in [-0.39, 0.29) is 23.5 Å². The first-order valence-electron chi connectivity index (χ1n) is 8.62. The molecule has 0 fully saturated rings. The maximum atomic E-state index is 12.8. The number of aryl methyl sites for hydroxylation is 1. The lowest BCUT2D eigenvalue weighted by Gasteiger charge is -2.29. The molecular weight excluding hydrogens is 348 g/mol. The Kier molecular flexibility index (Phi) is 4.02. The second-order valence-corrected chi connectivity index (χ2v) is 6.67. The van der Waals surface area contributed by atoms with Crippen molar-refractivity contribution in [3.8, 4) is 0 Å². The van der Waals surface area contributed by atoms with E-state index >= 15 is 0 Å². The van der Waals surface area contributed by atoms with Crippen LogP contribution >= 0.6 is 0 Å². The maximum absolute atomic E-state index is 12.8. The zero-order valence-electron chi connectivity index (χ0n) is 14.7. The van der Waals surface area contributed by atoms with Crippen LogP contribution in [-0.2, 0) is 24.2 Å². The van der Waals surface area contributed by atoms with E-state index in [1.165, 1.54) is 4.52 Å². The van der Waals surface area contributed by atoms with Crippen LogP contribution in [0, 0.1) is 6.92 Å². The van der Waals surface area contributed by atoms with Gasteiger partial charge in [0.1, 0.15) is 0 Å². The van der Waals surface area contributed by atoms with E-state index in [2.05, 4.69) is 10.1 Å². The number of carboxylic acid groups (broad SMARTS) is 1. The Labute approximate surface area is 154 Å². The molecule has 1 aliphatic rings.